The van der Waals surface area contributed by atoms with Crippen molar-refractivity contribution in [1.82, 2.24) is 0 Å². The molecule has 0 radical (unpaired) electrons. The Kier molecular flexibility index (Phi) is 13.6. The SMILES string of the molecule is CCC(CC)CNc1c(C(C)C)cc(C(C)c2cc(C(C)C)c(NCC(CC)CC)c(C(C)C)c2)cc1C(C)C. The van der Waals surface area contributed by atoms with Gasteiger partial charge in [0.25, 0.3) is 0 Å². The molecule has 0 aliphatic carbocycles. The van der Waals surface area contributed by atoms with Gasteiger partial charge in [-0.2, -0.15) is 0 Å². The van der Waals surface area contributed by atoms with Crippen LogP contribution in [0.5, 0.6) is 0 Å². The lowest BCUT2D eigenvalue weighted by Gasteiger charge is -2.28. The van der Waals surface area contributed by atoms with E-state index in [0.29, 0.717) is 29.6 Å². The molecule has 0 aliphatic heterocycles. The summed E-state index contributed by atoms with van der Waals surface area (Å²) >= 11 is 0. The highest BCUT2D eigenvalue weighted by Crippen LogP contribution is 2.41. The molecule has 0 aromatic heterocycles. The van der Waals surface area contributed by atoms with Gasteiger partial charge in [0.05, 0.1) is 0 Å². The summed E-state index contributed by atoms with van der Waals surface area (Å²) in [6, 6.07) is 10.1. The topological polar surface area (TPSA) is 24.1 Å². The lowest BCUT2D eigenvalue weighted by molar-refractivity contribution is 0.518. The predicted octanol–water partition coefficient (Wildman–Crippen LogP) is 12.0. The van der Waals surface area contributed by atoms with Crippen molar-refractivity contribution in [2.75, 3.05) is 23.7 Å². The molecule has 2 aromatic rings. The van der Waals surface area contributed by atoms with E-state index in [1.807, 2.05) is 0 Å². The third-order valence-electron chi connectivity index (χ3n) is 9.38. The van der Waals surface area contributed by atoms with E-state index >= 15 is 0 Å². The van der Waals surface area contributed by atoms with Gasteiger partial charge in [-0.15, -0.1) is 0 Å². The molecular weight excluding hydrogens is 484 g/mol. The molecule has 0 spiro atoms. The van der Waals surface area contributed by atoms with E-state index in [0.717, 1.165) is 24.9 Å². The third kappa shape index (κ3) is 8.53. The van der Waals surface area contributed by atoms with Crippen LogP contribution in [0.4, 0.5) is 11.4 Å². The molecule has 0 heterocycles. The number of hydrogen-bond acceptors (Lipinski definition) is 2. The van der Waals surface area contributed by atoms with Gasteiger partial charge in [-0.05, 0) is 68.9 Å². The number of hydrogen-bond donors (Lipinski definition) is 2. The molecule has 2 aromatic carbocycles. The van der Waals surface area contributed by atoms with E-state index in [-0.39, 0.29) is 0 Å². The van der Waals surface area contributed by atoms with Crippen LogP contribution < -0.4 is 10.6 Å². The minimum absolute atomic E-state index is 0.339. The maximum Gasteiger partial charge on any atom is 0.0410 e. The van der Waals surface area contributed by atoms with Crippen molar-refractivity contribution >= 4 is 11.4 Å². The molecule has 2 nitrogen and oxygen atoms in total. The molecule has 0 amide bonds. The minimum Gasteiger partial charge on any atom is -0.384 e. The van der Waals surface area contributed by atoms with Gasteiger partial charge in [0.15, 0.2) is 0 Å². The highest BCUT2D eigenvalue weighted by Gasteiger charge is 2.23. The van der Waals surface area contributed by atoms with Gasteiger partial charge in [0.1, 0.15) is 0 Å². The van der Waals surface area contributed by atoms with Gasteiger partial charge in [-0.1, -0.05) is 140 Å². The highest BCUT2D eigenvalue weighted by molar-refractivity contribution is 5.65. The van der Waals surface area contributed by atoms with Crippen LogP contribution in [0.3, 0.4) is 0 Å². The molecule has 0 aliphatic rings. The molecule has 0 unspecified atom stereocenters. The Balaban J connectivity index is 2.64. The molecule has 2 rings (SSSR count). The number of nitrogens with one attached hydrogen (secondary N) is 2. The van der Waals surface area contributed by atoms with Gasteiger partial charge in [-0.3, -0.25) is 0 Å². The summed E-state index contributed by atoms with van der Waals surface area (Å²) in [6.45, 7) is 32.6. The van der Waals surface area contributed by atoms with Crippen molar-refractivity contribution in [3.05, 3.63) is 57.6 Å². The lowest BCUT2D eigenvalue weighted by Crippen LogP contribution is -2.17. The zero-order chi connectivity index (χ0) is 30.1. The maximum atomic E-state index is 3.93. The summed E-state index contributed by atoms with van der Waals surface area (Å²) in [6.07, 6.45) is 4.91. The lowest BCUT2D eigenvalue weighted by atomic mass is 9.82. The van der Waals surface area contributed by atoms with Gasteiger partial charge in [0, 0.05) is 30.4 Å². The van der Waals surface area contributed by atoms with Crippen molar-refractivity contribution < 1.29 is 0 Å². The van der Waals surface area contributed by atoms with Crippen LogP contribution >= 0.6 is 0 Å². The largest absolute Gasteiger partial charge is 0.384 e. The summed E-state index contributed by atoms with van der Waals surface area (Å²) < 4.78 is 0. The first kappa shape index (κ1) is 34.2. The van der Waals surface area contributed by atoms with Crippen molar-refractivity contribution in [3.8, 4) is 0 Å². The van der Waals surface area contributed by atoms with Crippen molar-refractivity contribution in [2.45, 2.75) is 145 Å². The quantitative estimate of drug-likeness (QED) is 0.218. The van der Waals surface area contributed by atoms with Crippen LogP contribution in [0.15, 0.2) is 24.3 Å². The second-order valence-electron chi connectivity index (χ2n) is 13.6. The van der Waals surface area contributed by atoms with Crippen molar-refractivity contribution in [3.63, 3.8) is 0 Å². The molecule has 40 heavy (non-hydrogen) atoms. The minimum atomic E-state index is 0.339. The Morgan fingerprint density at radius 2 is 0.700 bits per heavy atom. The summed E-state index contributed by atoms with van der Waals surface area (Å²) in [5, 5.41) is 7.86. The van der Waals surface area contributed by atoms with E-state index in [9.17, 15) is 0 Å². The average Bonchev–Trinajstić information content (AvgIpc) is 2.92. The molecule has 0 bridgehead atoms. The van der Waals surface area contributed by atoms with Gasteiger partial charge in [0.2, 0.25) is 0 Å². The van der Waals surface area contributed by atoms with E-state index in [2.05, 4.69) is 125 Å². The zero-order valence-corrected chi connectivity index (χ0v) is 28.6. The Hall–Kier alpha value is -1.96. The van der Waals surface area contributed by atoms with Crippen molar-refractivity contribution in [1.29, 1.82) is 0 Å². The van der Waals surface area contributed by atoms with Crippen LogP contribution in [0.1, 0.15) is 179 Å². The second kappa shape index (κ2) is 15.9. The van der Waals surface area contributed by atoms with Crippen LogP contribution in [-0.2, 0) is 0 Å². The molecule has 0 saturated heterocycles. The maximum absolute atomic E-state index is 3.93. The van der Waals surface area contributed by atoms with Crippen LogP contribution in [0, 0.1) is 11.8 Å². The molecule has 226 valence electrons. The van der Waals surface area contributed by atoms with E-state index in [1.54, 1.807) is 0 Å². The number of anilines is 2. The summed E-state index contributed by atoms with van der Waals surface area (Å²) in [5.41, 5.74) is 11.5. The standard InChI is InChI=1S/C38H64N2/c1-14-29(15-2)22-39-37-33(24(5)6)18-31(19-34(37)25(7)8)28(13)32-20-35(26(9)10)38(36(21-32)27(11)12)40-23-30(16-3)17-4/h18-21,24-30,39-40H,14-17,22-23H2,1-13H3. The first-order chi connectivity index (χ1) is 18.9. The van der Waals surface area contributed by atoms with Gasteiger partial charge >= 0.3 is 0 Å². The van der Waals surface area contributed by atoms with Crippen LogP contribution in [-0.4, -0.2) is 13.1 Å². The predicted molar refractivity (Wildman–Crippen MR) is 182 cm³/mol. The highest BCUT2D eigenvalue weighted by atomic mass is 14.9. The second-order valence-corrected chi connectivity index (χ2v) is 13.6. The Morgan fingerprint density at radius 1 is 0.450 bits per heavy atom. The van der Waals surface area contributed by atoms with Crippen LogP contribution in [0.25, 0.3) is 0 Å². The average molecular weight is 549 g/mol. The van der Waals surface area contributed by atoms with Gasteiger partial charge in [-0.25, -0.2) is 0 Å². The van der Waals surface area contributed by atoms with Gasteiger partial charge < -0.3 is 10.6 Å². The molecule has 2 N–H and O–H groups in total. The van der Waals surface area contributed by atoms with E-state index in [1.165, 1.54) is 70.4 Å². The molecule has 0 fully saturated rings. The summed E-state index contributed by atoms with van der Waals surface area (Å²) in [7, 11) is 0. The molecule has 0 saturated carbocycles. The normalized spacial score (nSPS) is 12.3. The monoisotopic (exact) mass is 549 g/mol. The molecule has 0 atom stereocenters. The third-order valence-corrected chi connectivity index (χ3v) is 9.38. The number of benzene rings is 2. The Labute approximate surface area is 249 Å². The fraction of sp³-hybridized carbons (Fsp3) is 0.684. The Bertz CT molecular complexity index is 896. The van der Waals surface area contributed by atoms with Crippen LogP contribution in [0.2, 0.25) is 0 Å². The molecular formula is C38H64N2. The summed E-state index contributed by atoms with van der Waals surface area (Å²) in [5.74, 6) is 3.68. The summed E-state index contributed by atoms with van der Waals surface area (Å²) in [4.78, 5) is 0. The Morgan fingerprint density at radius 3 is 0.900 bits per heavy atom. The fourth-order valence-corrected chi connectivity index (χ4v) is 5.99. The van der Waals surface area contributed by atoms with E-state index < -0.39 is 0 Å². The van der Waals surface area contributed by atoms with E-state index in [4.69, 9.17) is 0 Å². The first-order valence-corrected chi connectivity index (χ1v) is 16.7. The van der Waals surface area contributed by atoms with Crippen molar-refractivity contribution in [2.24, 2.45) is 11.8 Å². The smallest absolute Gasteiger partial charge is 0.0410 e. The molecule has 2 heteroatoms. The fourth-order valence-electron chi connectivity index (χ4n) is 5.99. The zero-order valence-electron chi connectivity index (χ0n) is 28.6. The first-order valence-electron chi connectivity index (χ1n) is 16.7. The number of rotatable bonds is 16.